The fraction of sp³-hybridized carbons (Fsp3) is 0.333. The molecule has 4 aromatic rings. The van der Waals surface area contributed by atoms with E-state index >= 15 is 0 Å². The van der Waals surface area contributed by atoms with Crippen LogP contribution in [-0.2, 0) is 24.2 Å². The second kappa shape index (κ2) is 7.97. The van der Waals surface area contributed by atoms with Gasteiger partial charge in [0.15, 0.2) is 5.65 Å². The number of nitrogens with zero attached hydrogens (tertiary/aromatic N) is 4. The van der Waals surface area contributed by atoms with Crippen LogP contribution in [0.15, 0.2) is 29.3 Å². The number of amides is 1. The van der Waals surface area contributed by atoms with Gasteiger partial charge in [-0.1, -0.05) is 18.0 Å². The summed E-state index contributed by atoms with van der Waals surface area (Å²) in [7, 11) is 1.51. The Morgan fingerprint density at radius 3 is 2.97 bits per heavy atom. The molecule has 1 aromatic carbocycles. The third-order valence-corrected chi connectivity index (χ3v) is 6.95. The molecular weight excluding hydrogens is 438 g/mol. The molecule has 31 heavy (non-hydrogen) atoms. The molecule has 0 unspecified atom stereocenters. The summed E-state index contributed by atoms with van der Waals surface area (Å²) in [4.78, 5) is 32.3. The molecular formula is C21H20ClN5O3S. The van der Waals surface area contributed by atoms with Gasteiger partial charge in [0.05, 0.1) is 18.2 Å². The van der Waals surface area contributed by atoms with Crippen molar-refractivity contribution < 1.29 is 9.53 Å². The van der Waals surface area contributed by atoms with E-state index in [9.17, 15) is 9.59 Å². The van der Waals surface area contributed by atoms with E-state index in [1.54, 1.807) is 29.5 Å². The molecule has 10 heteroatoms. The number of thiophene rings is 1. The molecule has 3 aromatic heterocycles. The summed E-state index contributed by atoms with van der Waals surface area (Å²) in [5, 5.41) is 8.66. The minimum atomic E-state index is -0.403. The molecule has 0 atom stereocenters. The van der Waals surface area contributed by atoms with Crippen LogP contribution >= 0.6 is 22.9 Å². The van der Waals surface area contributed by atoms with Crippen LogP contribution < -0.4 is 15.7 Å². The number of hydrogen-bond acceptors (Lipinski definition) is 6. The molecule has 0 aliphatic heterocycles. The zero-order valence-corrected chi connectivity index (χ0v) is 18.4. The van der Waals surface area contributed by atoms with Gasteiger partial charge in [0.25, 0.3) is 0 Å². The Labute approximate surface area is 186 Å². The third kappa shape index (κ3) is 3.57. The van der Waals surface area contributed by atoms with Gasteiger partial charge in [-0.3, -0.25) is 4.79 Å². The van der Waals surface area contributed by atoms with E-state index in [1.807, 2.05) is 0 Å². The topological polar surface area (TPSA) is 90.5 Å². The molecule has 1 amide bonds. The molecule has 8 nitrogen and oxygen atoms in total. The van der Waals surface area contributed by atoms with Gasteiger partial charge < -0.3 is 10.1 Å². The molecule has 160 valence electrons. The van der Waals surface area contributed by atoms with Gasteiger partial charge in [-0.2, -0.15) is 0 Å². The minimum absolute atomic E-state index is 0.232. The lowest BCUT2D eigenvalue weighted by Gasteiger charge is -2.10. The number of halogens is 1. The van der Waals surface area contributed by atoms with E-state index in [4.69, 9.17) is 16.3 Å². The van der Waals surface area contributed by atoms with Crippen molar-refractivity contribution in [2.24, 2.45) is 0 Å². The Balaban J connectivity index is 1.51. The summed E-state index contributed by atoms with van der Waals surface area (Å²) in [5.41, 5.74) is 1.85. The zero-order valence-electron chi connectivity index (χ0n) is 16.9. The smallest absolute Gasteiger partial charge is 0.352 e. The van der Waals surface area contributed by atoms with Crippen LogP contribution in [0.1, 0.15) is 29.7 Å². The molecule has 0 bridgehead atoms. The van der Waals surface area contributed by atoms with Crippen molar-refractivity contribution in [1.29, 1.82) is 0 Å². The number of anilines is 1. The third-order valence-electron chi connectivity index (χ3n) is 5.52. The van der Waals surface area contributed by atoms with Gasteiger partial charge in [-0.25, -0.2) is 18.9 Å². The van der Waals surface area contributed by atoms with E-state index in [-0.39, 0.29) is 6.54 Å². The summed E-state index contributed by atoms with van der Waals surface area (Å²) < 4.78 is 7.85. The second-order valence-electron chi connectivity index (χ2n) is 7.52. The first kappa shape index (κ1) is 20.0. The summed E-state index contributed by atoms with van der Waals surface area (Å²) in [6, 6.07) is 4.93. The van der Waals surface area contributed by atoms with Crippen molar-refractivity contribution in [1.82, 2.24) is 19.2 Å². The predicted molar refractivity (Wildman–Crippen MR) is 121 cm³/mol. The highest BCUT2D eigenvalue weighted by atomic mass is 35.5. The van der Waals surface area contributed by atoms with Gasteiger partial charge >= 0.3 is 5.69 Å². The van der Waals surface area contributed by atoms with Gasteiger partial charge in [0, 0.05) is 9.90 Å². The first-order valence-corrected chi connectivity index (χ1v) is 11.3. The summed E-state index contributed by atoms with van der Waals surface area (Å²) in [5.74, 6) is 0.0754. The van der Waals surface area contributed by atoms with E-state index < -0.39 is 11.6 Å². The Hall–Kier alpha value is -2.91. The second-order valence-corrected chi connectivity index (χ2v) is 9.04. The molecule has 3 heterocycles. The molecule has 0 fully saturated rings. The Morgan fingerprint density at radius 2 is 2.13 bits per heavy atom. The number of hydrogen-bond donors (Lipinski definition) is 1. The van der Waals surface area contributed by atoms with E-state index in [2.05, 4.69) is 15.4 Å². The zero-order chi connectivity index (χ0) is 21.5. The molecule has 1 N–H and O–H groups in total. The maximum atomic E-state index is 12.9. The van der Waals surface area contributed by atoms with Gasteiger partial charge in [0.2, 0.25) is 5.91 Å². The summed E-state index contributed by atoms with van der Waals surface area (Å²) in [6.45, 7) is -0.232. The van der Waals surface area contributed by atoms with Crippen molar-refractivity contribution in [3.8, 4) is 5.75 Å². The predicted octanol–water partition coefficient (Wildman–Crippen LogP) is 3.68. The number of nitrogens with one attached hydrogen (secondary N) is 1. The van der Waals surface area contributed by atoms with Crippen LogP contribution in [0, 0.1) is 0 Å². The monoisotopic (exact) mass is 457 g/mol. The van der Waals surface area contributed by atoms with Crippen LogP contribution in [0.4, 0.5) is 5.69 Å². The normalized spacial score (nSPS) is 13.9. The lowest BCUT2D eigenvalue weighted by molar-refractivity contribution is -0.117. The van der Waals surface area contributed by atoms with Crippen molar-refractivity contribution >= 4 is 50.4 Å². The Bertz CT molecular complexity index is 1370. The maximum Gasteiger partial charge on any atom is 0.352 e. The molecule has 1 aliphatic rings. The standard InChI is InChI=1S/C21H20ClN5O3S/c1-30-15-8-7-12(22)9-14(15)24-17(28)10-27-21(29)26-11-23-20-18(19(26)25-27)13-5-3-2-4-6-16(13)31-20/h7-9,11H,2-6,10H2,1H3,(H,24,28). The number of aromatic nitrogens is 4. The van der Waals surface area contributed by atoms with Crippen LogP contribution in [0.2, 0.25) is 5.02 Å². The number of carbonyl (C=O) groups is 1. The number of methoxy groups -OCH3 is 1. The number of carbonyl (C=O) groups excluding carboxylic acids is 1. The molecule has 5 rings (SSSR count). The molecule has 0 saturated heterocycles. The van der Waals surface area contributed by atoms with Crippen LogP contribution in [0.25, 0.3) is 15.9 Å². The first-order chi connectivity index (χ1) is 15.0. The fourth-order valence-corrected chi connectivity index (χ4v) is 5.46. The average Bonchev–Trinajstić information content (AvgIpc) is 3.15. The largest absolute Gasteiger partial charge is 0.495 e. The molecule has 0 spiro atoms. The maximum absolute atomic E-state index is 12.9. The van der Waals surface area contributed by atoms with Gasteiger partial charge in [-0.15, -0.1) is 16.4 Å². The Kier molecular flexibility index (Phi) is 5.15. The SMILES string of the molecule is COc1ccc(Cl)cc1NC(=O)Cn1nc2c3c4c(sc3ncn2c1=O)CCCCC4. The van der Waals surface area contributed by atoms with E-state index in [0.717, 1.165) is 29.5 Å². The number of rotatable bonds is 4. The lowest BCUT2D eigenvalue weighted by Crippen LogP contribution is -2.28. The van der Waals surface area contributed by atoms with Crippen molar-refractivity contribution in [2.45, 2.75) is 38.6 Å². The van der Waals surface area contributed by atoms with Crippen LogP contribution in [0.5, 0.6) is 5.75 Å². The van der Waals surface area contributed by atoms with Crippen molar-refractivity contribution in [2.75, 3.05) is 12.4 Å². The van der Waals surface area contributed by atoms with Gasteiger partial charge in [0.1, 0.15) is 23.5 Å². The first-order valence-electron chi connectivity index (χ1n) is 10.1. The number of benzene rings is 1. The molecule has 0 radical (unpaired) electrons. The lowest BCUT2D eigenvalue weighted by atomic mass is 10.1. The molecule has 0 saturated carbocycles. The van der Waals surface area contributed by atoms with E-state index in [1.165, 1.54) is 45.8 Å². The number of ether oxygens (including phenoxy) is 1. The quantitative estimate of drug-likeness (QED) is 0.472. The number of aryl methyl sites for hydroxylation is 2. The van der Waals surface area contributed by atoms with Crippen LogP contribution in [0.3, 0.4) is 0 Å². The minimum Gasteiger partial charge on any atom is -0.495 e. The van der Waals surface area contributed by atoms with Gasteiger partial charge in [-0.05, 0) is 49.4 Å². The summed E-state index contributed by atoms with van der Waals surface area (Å²) in [6.07, 6.45) is 6.99. The van der Waals surface area contributed by atoms with Crippen molar-refractivity contribution in [3.05, 3.63) is 50.5 Å². The Morgan fingerprint density at radius 1 is 1.29 bits per heavy atom. The summed E-state index contributed by atoms with van der Waals surface area (Å²) >= 11 is 7.71. The average molecular weight is 458 g/mol. The highest BCUT2D eigenvalue weighted by Crippen LogP contribution is 2.36. The molecule has 1 aliphatic carbocycles. The van der Waals surface area contributed by atoms with Crippen LogP contribution in [-0.4, -0.2) is 32.2 Å². The van der Waals surface area contributed by atoms with Crippen molar-refractivity contribution in [3.63, 3.8) is 0 Å². The fourth-order valence-electron chi connectivity index (χ4n) is 4.06. The highest BCUT2D eigenvalue weighted by molar-refractivity contribution is 7.19. The number of fused-ring (bicyclic) bond motifs is 5. The highest BCUT2D eigenvalue weighted by Gasteiger charge is 2.21. The van der Waals surface area contributed by atoms with E-state index in [0.29, 0.717) is 22.1 Å².